The number of benzene rings is 2. The summed E-state index contributed by atoms with van der Waals surface area (Å²) in [5.41, 5.74) is 4.24. The van der Waals surface area contributed by atoms with Crippen LogP contribution in [0.5, 0.6) is 5.75 Å². The van der Waals surface area contributed by atoms with Gasteiger partial charge in [0.05, 0.1) is 48.9 Å². The fourth-order valence-corrected chi connectivity index (χ4v) is 5.47. The molecule has 0 spiro atoms. The van der Waals surface area contributed by atoms with Gasteiger partial charge < -0.3 is 14.6 Å². The first-order chi connectivity index (χ1) is 19.1. The zero-order valence-electron chi connectivity index (χ0n) is 25.1. The molecule has 2 N–H and O–H groups in total. The summed E-state index contributed by atoms with van der Waals surface area (Å²) in [6.45, 7) is 14.7. The summed E-state index contributed by atoms with van der Waals surface area (Å²) >= 11 is 0. The standard InChI is InChI=1S/C29H39N7O4S/c1-17(2)36-19(4)30-15-26(36)24-16-35(34-32-24)25-12-20(11-10-18(25)3)28(37)31-22-13-21(29(5,6)7)14-23(27(22)40-8)33-41(9,38)39/h10-15,17,24,33H,16H2,1-9H3,(H,31,37). The summed E-state index contributed by atoms with van der Waals surface area (Å²) in [7, 11) is -2.16. The molecule has 0 saturated heterocycles. The highest BCUT2D eigenvalue weighted by Gasteiger charge is 2.28. The van der Waals surface area contributed by atoms with E-state index in [1.54, 1.807) is 29.3 Å². The SMILES string of the molecule is COc1c(NC(=O)c2ccc(C)c(N3CC(c4cnc(C)n4C(C)C)N=N3)c2)cc(C(C)(C)C)cc1NS(C)(=O)=O. The molecular formula is C29H39N7O4S. The summed E-state index contributed by atoms with van der Waals surface area (Å²) < 4.78 is 34.4. The van der Waals surface area contributed by atoms with Crippen molar-refractivity contribution < 1.29 is 17.9 Å². The van der Waals surface area contributed by atoms with Crippen molar-refractivity contribution in [1.29, 1.82) is 0 Å². The van der Waals surface area contributed by atoms with Crippen molar-refractivity contribution in [2.24, 2.45) is 10.3 Å². The molecule has 220 valence electrons. The number of amides is 1. The average Bonchev–Trinajstić information content (AvgIpc) is 3.49. The number of nitrogens with one attached hydrogen (secondary N) is 2. The lowest BCUT2D eigenvalue weighted by Crippen LogP contribution is -2.21. The predicted molar refractivity (Wildman–Crippen MR) is 162 cm³/mol. The average molecular weight is 582 g/mol. The van der Waals surface area contributed by atoms with Crippen LogP contribution >= 0.6 is 0 Å². The van der Waals surface area contributed by atoms with Crippen LogP contribution in [0.25, 0.3) is 0 Å². The van der Waals surface area contributed by atoms with Gasteiger partial charge in [-0.15, -0.1) is 0 Å². The highest BCUT2D eigenvalue weighted by Crippen LogP contribution is 2.40. The molecule has 0 fully saturated rings. The van der Waals surface area contributed by atoms with Gasteiger partial charge in [0.25, 0.3) is 5.91 Å². The maximum Gasteiger partial charge on any atom is 0.255 e. The molecule has 1 amide bonds. The number of anilines is 3. The van der Waals surface area contributed by atoms with Crippen LogP contribution in [-0.2, 0) is 15.4 Å². The Balaban J connectivity index is 1.64. The van der Waals surface area contributed by atoms with Gasteiger partial charge in [0.1, 0.15) is 11.9 Å². The Morgan fingerprint density at radius 2 is 1.80 bits per heavy atom. The van der Waals surface area contributed by atoms with E-state index in [2.05, 4.69) is 43.8 Å². The highest BCUT2D eigenvalue weighted by atomic mass is 32.2. The zero-order chi connectivity index (χ0) is 30.3. The summed E-state index contributed by atoms with van der Waals surface area (Å²) in [5.74, 6) is 0.777. The van der Waals surface area contributed by atoms with E-state index in [1.165, 1.54) is 7.11 Å². The van der Waals surface area contributed by atoms with E-state index >= 15 is 0 Å². The minimum atomic E-state index is -3.59. The van der Waals surface area contributed by atoms with E-state index in [0.717, 1.165) is 34.6 Å². The first kappa shape index (κ1) is 30.0. The fraction of sp³-hybridized carbons (Fsp3) is 0.448. The van der Waals surface area contributed by atoms with Crippen LogP contribution in [0.15, 0.2) is 46.9 Å². The molecule has 0 radical (unpaired) electrons. The Morgan fingerprint density at radius 3 is 2.41 bits per heavy atom. The number of rotatable bonds is 8. The van der Waals surface area contributed by atoms with Crippen LogP contribution in [0, 0.1) is 13.8 Å². The number of methoxy groups -OCH3 is 1. The number of ether oxygens (including phenoxy) is 1. The molecule has 1 aliphatic rings. The van der Waals surface area contributed by atoms with Crippen molar-refractivity contribution in [3.8, 4) is 5.75 Å². The van der Waals surface area contributed by atoms with Crippen molar-refractivity contribution in [2.45, 2.75) is 66.0 Å². The molecule has 0 aliphatic carbocycles. The fourth-order valence-electron chi connectivity index (χ4n) is 4.92. The number of carbonyl (C=O) groups is 1. The minimum Gasteiger partial charge on any atom is -0.492 e. The number of aromatic nitrogens is 2. The number of nitrogens with zero attached hydrogens (tertiary/aromatic N) is 5. The lowest BCUT2D eigenvalue weighted by molar-refractivity contribution is 0.102. The molecule has 4 rings (SSSR count). The van der Waals surface area contributed by atoms with Crippen LogP contribution in [0.4, 0.5) is 17.1 Å². The molecule has 0 bridgehead atoms. The van der Waals surface area contributed by atoms with Gasteiger partial charge in [0.15, 0.2) is 5.75 Å². The normalized spacial score (nSPS) is 15.5. The number of aryl methyl sites for hydroxylation is 2. The second-order valence-electron chi connectivity index (χ2n) is 11.7. The molecule has 1 aromatic heterocycles. The molecule has 3 aromatic rings. The van der Waals surface area contributed by atoms with Gasteiger partial charge in [0.2, 0.25) is 10.0 Å². The molecule has 0 saturated carbocycles. The van der Waals surface area contributed by atoms with E-state index in [-0.39, 0.29) is 34.8 Å². The smallest absolute Gasteiger partial charge is 0.255 e. The van der Waals surface area contributed by atoms with Gasteiger partial charge in [-0.05, 0) is 68.5 Å². The Hall–Kier alpha value is -3.93. The molecule has 1 aliphatic heterocycles. The van der Waals surface area contributed by atoms with Gasteiger partial charge in [-0.2, -0.15) is 5.11 Å². The minimum absolute atomic E-state index is 0.180. The van der Waals surface area contributed by atoms with E-state index in [0.29, 0.717) is 17.8 Å². The molecule has 1 atom stereocenters. The van der Waals surface area contributed by atoms with Gasteiger partial charge in [-0.3, -0.25) is 9.52 Å². The van der Waals surface area contributed by atoms with Crippen molar-refractivity contribution in [3.05, 3.63) is 64.7 Å². The lowest BCUT2D eigenvalue weighted by atomic mass is 9.86. The van der Waals surface area contributed by atoms with Gasteiger partial charge in [-0.25, -0.2) is 18.4 Å². The number of imidazole rings is 1. The Labute approximate surface area is 242 Å². The first-order valence-electron chi connectivity index (χ1n) is 13.4. The first-order valence-corrected chi connectivity index (χ1v) is 15.3. The molecular weight excluding hydrogens is 542 g/mol. The largest absolute Gasteiger partial charge is 0.492 e. The predicted octanol–water partition coefficient (Wildman–Crippen LogP) is 5.94. The maximum absolute atomic E-state index is 13.5. The highest BCUT2D eigenvalue weighted by molar-refractivity contribution is 7.92. The van der Waals surface area contributed by atoms with Crippen molar-refractivity contribution >= 4 is 33.0 Å². The van der Waals surface area contributed by atoms with Crippen molar-refractivity contribution in [3.63, 3.8) is 0 Å². The molecule has 41 heavy (non-hydrogen) atoms. The summed E-state index contributed by atoms with van der Waals surface area (Å²) in [4.78, 5) is 18.0. The van der Waals surface area contributed by atoms with Crippen molar-refractivity contribution in [1.82, 2.24) is 9.55 Å². The van der Waals surface area contributed by atoms with Gasteiger partial charge in [0, 0.05) is 11.6 Å². The third kappa shape index (κ3) is 6.53. The Bertz CT molecular complexity index is 1600. The van der Waals surface area contributed by atoms with Crippen LogP contribution in [0.1, 0.15) is 79.7 Å². The third-order valence-electron chi connectivity index (χ3n) is 6.97. The second-order valence-corrected chi connectivity index (χ2v) is 13.4. The van der Waals surface area contributed by atoms with Crippen LogP contribution in [-0.4, -0.2) is 43.8 Å². The van der Waals surface area contributed by atoms with E-state index in [4.69, 9.17) is 4.74 Å². The van der Waals surface area contributed by atoms with Crippen LogP contribution < -0.4 is 19.8 Å². The summed E-state index contributed by atoms with van der Waals surface area (Å²) in [6, 6.07) is 8.99. The molecule has 2 heterocycles. The van der Waals surface area contributed by atoms with Crippen molar-refractivity contribution in [2.75, 3.05) is 35.0 Å². The number of hydrogen-bond acceptors (Lipinski definition) is 8. The van der Waals surface area contributed by atoms with Gasteiger partial charge in [-0.1, -0.05) is 32.1 Å². The van der Waals surface area contributed by atoms with E-state index in [9.17, 15) is 13.2 Å². The quantitative estimate of drug-likeness (QED) is 0.339. The maximum atomic E-state index is 13.5. The number of sulfonamides is 1. The van der Waals surface area contributed by atoms with E-state index in [1.807, 2.05) is 46.9 Å². The number of carbonyl (C=O) groups excluding carboxylic acids is 1. The molecule has 11 nitrogen and oxygen atoms in total. The summed E-state index contributed by atoms with van der Waals surface area (Å²) in [6.07, 6.45) is 2.92. The molecule has 1 unspecified atom stereocenters. The number of hydrogen-bond donors (Lipinski definition) is 2. The summed E-state index contributed by atoms with van der Waals surface area (Å²) in [5, 5.41) is 13.7. The monoisotopic (exact) mass is 581 g/mol. The molecule has 12 heteroatoms. The molecule has 2 aromatic carbocycles. The Morgan fingerprint density at radius 1 is 1.12 bits per heavy atom. The van der Waals surface area contributed by atoms with Crippen LogP contribution in [0.2, 0.25) is 0 Å². The lowest BCUT2D eigenvalue weighted by Gasteiger charge is -2.24. The topological polar surface area (TPSA) is 130 Å². The Kier molecular flexibility index (Phi) is 8.17. The van der Waals surface area contributed by atoms with Crippen LogP contribution in [0.3, 0.4) is 0 Å². The third-order valence-corrected chi connectivity index (χ3v) is 7.56. The van der Waals surface area contributed by atoms with E-state index < -0.39 is 10.0 Å². The second kappa shape index (κ2) is 11.2. The zero-order valence-corrected chi connectivity index (χ0v) is 25.9. The van der Waals surface area contributed by atoms with Gasteiger partial charge >= 0.3 is 0 Å².